The van der Waals surface area contributed by atoms with E-state index in [0.717, 1.165) is 86.4 Å². The van der Waals surface area contributed by atoms with Gasteiger partial charge in [-0.2, -0.15) is 0 Å². The Morgan fingerprint density at radius 3 is 2.36 bits per heavy atom. The Labute approximate surface area is 232 Å². The van der Waals surface area contributed by atoms with Crippen LogP contribution >= 0.6 is 0 Å². The van der Waals surface area contributed by atoms with Crippen molar-refractivity contribution in [1.82, 2.24) is 19.8 Å². The molecule has 1 saturated heterocycles. The highest BCUT2D eigenvalue weighted by atomic mass is 16.5. The van der Waals surface area contributed by atoms with Gasteiger partial charge in [0.2, 0.25) is 11.9 Å². The summed E-state index contributed by atoms with van der Waals surface area (Å²) in [5.41, 5.74) is 4.51. The molecular formula is C30H41N7O2. The number of carbonyl (C=O) groups is 1. The number of carbonyl (C=O) groups excluding carboxylic acids is 1. The highest BCUT2D eigenvalue weighted by Gasteiger charge is 2.20. The number of nitrogens with one attached hydrogen (secondary N) is 2. The van der Waals surface area contributed by atoms with Crippen molar-refractivity contribution in [2.24, 2.45) is 0 Å². The molecule has 208 valence electrons. The minimum absolute atomic E-state index is 0.0943. The number of hydrogen-bond donors (Lipinski definition) is 2. The molecule has 0 aliphatic carbocycles. The Bertz CT molecular complexity index is 1210. The van der Waals surface area contributed by atoms with E-state index in [1.165, 1.54) is 6.92 Å². The fourth-order valence-electron chi connectivity index (χ4n) is 4.73. The lowest BCUT2D eigenvalue weighted by atomic mass is 10.1. The molecule has 2 heterocycles. The molecule has 2 N–H and O–H groups in total. The second-order valence-corrected chi connectivity index (χ2v) is 9.63. The van der Waals surface area contributed by atoms with E-state index < -0.39 is 0 Å². The summed E-state index contributed by atoms with van der Waals surface area (Å²) in [6.45, 7) is 16.8. The molecule has 0 bridgehead atoms. The van der Waals surface area contributed by atoms with Gasteiger partial charge in [0, 0.05) is 62.8 Å². The fourth-order valence-corrected chi connectivity index (χ4v) is 4.73. The van der Waals surface area contributed by atoms with Crippen molar-refractivity contribution in [1.29, 1.82) is 0 Å². The maximum absolute atomic E-state index is 11.3. The van der Waals surface area contributed by atoms with Crippen LogP contribution in [-0.2, 0) is 4.79 Å². The van der Waals surface area contributed by atoms with E-state index in [9.17, 15) is 4.79 Å². The number of likely N-dealkylation sites (N-methyl/N-ethyl adjacent to an activating group) is 2. The zero-order valence-corrected chi connectivity index (χ0v) is 23.6. The molecule has 4 rings (SSSR count). The summed E-state index contributed by atoms with van der Waals surface area (Å²) < 4.78 is 6.31. The molecule has 0 saturated carbocycles. The zero-order valence-electron chi connectivity index (χ0n) is 23.6. The number of hydrogen-bond acceptors (Lipinski definition) is 8. The number of aromatic nitrogens is 2. The summed E-state index contributed by atoms with van der Waals surface area (Å²) >= 11 is 0. The third-order valence-corrected chi connectivity index (χ3v) is 7.09. The number of anilines is 4. The van der Waals surface area contributed by atoms with Crippen LogP contribution in [0.4, 0.5) is 23.0 Å². The summed E-state index contributed by atoms with van der Waals surface area (Å²) in [5.74, 6) is 1.34. The predicted molar refractivity (Wildman–Crippen MR) is 159 cm³/mol. The number of ether oxygens (including phenoxy) is 1. The Balaban J connectivity index is 1.51. The van der Waals surface area contributed by atoms with Crippen LogP contribution in [0.5, 0.6) is 5.75 Å². The first kappa shape index (κ1) is 28.3. The van der Waals surface area contributed by atoms with Crippen LogP contribution in [-0.4, -0.2) is 84.6 Å². The molecule has 9 heteroatoms. The van der Waals surface area contributed by atoms with E-state index in [0.29, 0.717) is 12.6 Å². The van der Waals surface area contributed by atoms with E-state index in [-0.39, 0.29) is 5.91 Å². The average molecular weight is 532 g/mol. The predicted octanol–water partition coefficient (Wildman–Crippen LogP) is 4.71. The summed E-state index contributed by atoms with van der Waals surface area (Å²) in [7, 11) is 0. The molecule has 1 fully saturated rings. The number of benzene rings is 2. The van der Waals surface area contributed by atoms with Crippen molar-refractivity contribution < 1.29 is 9.53 Å². The van der Waals surface area contributed by atoms with E-state index in [1.807, 2.05) is 36.4 Å². The van der Waals surface area contributed by atoms with Gasteiger partial charge in [0.25, 0.3) is 0 Å². The van der Waals surface area contributed by atoms with Gasteiger partial charge in [-0.15, -0.1) is 0 Å². The van der Waals surface area contributed by atoms with E-state index in [4.69, 9.17) is 9.72 Å². The lowest BCUT2D eigenvalue weighted by molar-refractivity contribution is -0.114. The first-order valence-electron chi connectivity index (χ1n) is 13.9. The molecule has 1 aliphatic heterocycles. The quantitative estimate of drug-likeness (QED) is 0.348. The maximum Gasteiger partial charge on any atom is 0.227 e. The molecule has 1 aliphatic rings. The second kappa shape index (κ2) is 13.9. The molecule has 0 unspecified atom stereocenters. The number of amides is 1. The lowest BCUT2D eigenvalue weighted by Gasteiger charge is -2.36. The van der Waals surface area contributed by atoms with Crippen molar-refractivity contribution in [2.45, 2.75) is 27.7 Å². The molecule has 3 aromatic rings. The summed E-state index contributed by atoms with van der Waals surface area (Å²) in [4.78, 5) is 27.8. The lowest BCUT2D eigenvalue weighted by Crippen LogP contribution is -2.46. The van der Waals surface area contributed by atoms with Gasteiger partial charge in [-0.05, 0) is 56.0 Å². The van der Waals surface area contributed by atoms with Crippen molar-refractivity contribution in [2.75, 3.05) is 74.5 Å². The number of rotatable bonds is 12. The van der Waals surface area contributed by atoms with Crippen LogP contribution < -0.4 is 20.3 Å². The third kappa shape index (κ3) is 7.91. The highest BCUT2D eigenvalue weighted by molar-refractivity contribution is 5.88. The van der Waals surface area contributed by atoms with Gasteiger partial charge in [0.15, 0.2) is 0 Å². The van der Waals surface area contributed by atoms with Crippen LogP contribution in [0.2, 0.25) is 0 Å². The third-order valence-electron chi connectivity index (χ3n) is 7.09. The Hall–Kier alpha value is -3.69. The summed E-state index contributed by atoms with van der Waals surface area (Å²) in [5, 5.41) is 6.18. The monoisotopic (exact) mass is 531 g/mol. The SMILES string of the molecule is CCN(CC)CCOc1ccc(Nc2nccc(-c3ccc(NC(C)=O)cc3)n2)cc1N1CCN(CC)CC1. The maximum atomic E-state index is 11.3. The second-order valence-electron chi connectivity index (χ2n) is 9.63. The van der Waals surface area contributed by atoms with Gasteiger partial charge in [-0.3, -0.25) is 4.79 Å². The van der Waals surface area contributed by atoms with Crippen LogP contribution in [0.15, 0.2) is 54.7 Å². The van der Waals surface area contributed by atoms with Crippen molar-refractivity contribution >= 4 is 28.9 Å². The minimum Gasteiger partial charge on any atom is -0.490 e. The molecule has 9 nitrogen and oxygen atoms in total. The summed E-state index contributed by atoms with van der Waals surface area (Å²) in [6.07, 6.45) is 1.75. The molecular weight excluding hydrogens is 490 g/mol. The molecule has 1 amide bonds. The van der Waals surface area contributed by atoms with Crippen LogP contribution in [0.25, 0.3) is 11.3 Å². The van der Waals surface area contributed by atoms with Gasteiger partial charge >= 0.3 is 0 Å². The minimum atomic E-state index is -0.0943. The molecule has 2 aromatic carbocycles. The van der Waals surface area contributed by atoms with Gasteiger partial charge in [-0.25, -0.2) is 9.97 Å². The smallest absolute Gasteiger partial charge is 0.227 e. The molecule has 0 atom stereocenters. The Morgan fingerprint density at radius 1 is 0.974 bits per heavy atom. The molecule has 0 spiro atoms. The summed E-state index contributed by atoms with van der Waals surface area (Å²) in [6, 6.07) is 15.7. The van der Waals surface area contributed by atoms with E-state index in [2.05, 4.69) is 63.2 Å². The largest absolute Gasteiger partial charge is 0.490 e. The normalized spacial score (nSPS) is 13.9. The van der Waals surface area contributed by atoms with Gasteiger partial charge in [-0.1, -0.05) is 32.9 Å². The van der Waals surface area contributed by atoms with Crippen molar-refractivity contribution in [3.8, 4) is 17.0 Å². The molecule has 1 aromatic heterocycles. The number of nitrogens with zero attached hydrogens (tertiary/aromatic N) is 5. The van der Waals surface area contributed by atoms with Crippen LogP contribution in [0.1, 0.15) is 27.7 Å². The van der Waals surface area contributed by atoms with E-state index in [1.54, 1.807) is 6.20 Å². The Kier molecular flexibility index (Phi) is 10.1. The van der Waals surface area contributed by atoms with E-state index >= 15 is 0 Å². The zero-order chi connectivity index (χ0) is 27.6. The van der Waals surface area contributed by atoms with Gasteiger partial charge < -0.3 is 30.1 Å². The standard InChI is InChI=1S/C30H41N7O2/c1-5-35(6-2)20-21-39-29-13-12-26(22-28(29)37-18-16-36(7-3)17-19-37)33-30-31-15-14-27(34-30)24-8-10-25(11-9-24)32-23(4)38/h8-15,22H,5-7,16-21H2,1-4H3,(H,32,38)(H,31,33,34). The topological polar surface area (TPSA) is 85.9 Å². The molecule has 39 heavy (non-hydrogen) atoms. The molecule has 0 radical (unpaired) electrons. The van der Waals surface area contributed by atoms with Crippen LogP contribution in [0.3, 0.4) is 0 Å². The first-order chi connectivity index (χ1) is 19.0. The van der Waals surface area contributed by atoms with Gasteiger partial charge in [0.1, 0.15) is 12.4 Å². The average Bonchev–Trinajstić information content (AvgIpc) is 2.96. The highest BCUT2D eigenvalue weighted by Crippen LogP contribution is 2.33. The van der Waals surface area contributed by atoms with Gasteiger partial charge in [0.05, 0.1) is 11.4 Å². The number of piperazine rings is 1. The fraction of sp³-hybridized carbons (Fsp3) is 0.433. The van der Waals surface area contributed by atoms with Crippen molar-refractivity contribution in [3.05, 3.63) is 54.7 Å². The van der Waals surface area contributed by atoms with Crippen LogP contribution in [0, 0.1) is 0 Å². The first-order valence-corrected chi connectivity index (χ1v) is 13.9. The Morgan fingerprint density at radius 2 is 1.69 bits per heavy atom. The van der Waals surface area contributed by atoms with Crippen molar-refractivity contribution in [3.63, 3.8) is 0 Å².